The molecular weight excluding hydrogens is 492 g/mol. The Morgan fingerprint density at radius 3 is 2.53 bits per heavy atom. The number of hydrogen-bond acceptors (Lipinski definition) is 5. The van der Waals surface area contributed by atoms with E-state index in [9.17, 15) is 9.18 Å². The minimum Gasteiger partial charge on any atom is -0.494 e. The number of fused-ring (bicyclic) bond motifs is 2. The Morgan fingerprint density at radius 1 is 1.05 bits per heavy atom. The molecule has 1 N–H and O–H groups in total. The summed E-state index contributed by atoms with van der Waals surface area (Å²) in [6.07, 6.45) is 6.12. The van der Waals surface area contributed by atoms with Crippen LogP contribution in [0.15, 0.2) is 30.5 Å². The molecule has 0 spiro atoms. The third kappa shape index (κ3) is 4.04. The van der Waals surface area contributed by atoms with Crippen molar-refractivity contribution in [1.29, 1.82) is 0 Å². The number of halogens is 2. The highest BCUT2D eigenvalue weighted by atomic mass is 19.1. The first-order valence-electron chi connectivity index (χ1n) is 13.2. The number of esters is 1. The summed E-state index contributed by atoms with van der Waals surface area (Å²) < 4.78 is 48.9. The number of H-pyrrole nitrogens is 1. The summed E-state index contributed by atoms with van der Waals surface area (Å²) in [5.74, 6) is -0.773. The van der Waals surface area contributed by atoms with Crippen molar-refractivity contribution in [3.05, 3.63) is 53.4 Å². The van der Waals surface area contributed by atoms with Crippen molar-refractivity contribution in [2.24, 2.45) is 5.92 Å². The van der Waals surface area contributed by atoms with Crippen LogP contribution in [0.5, 0.6) is 5.75 Å². The molecule has 2 aromatic carbocycles. The molecule has 6 rings (SSSR count). The van der Waals surface area contributed by atoms with E-state index in [0.717, 1.165) is 42.5 Å². The minimum atomic E-state index is -0.454. The van der Waals surface area contributed by atoms with Crippen LogP contribution in [0.25, 0.3) is 27.5 Å². The van der Waals surface area contributed by atoms with E-state index in [1.807, 2.05) is 6.07 Å². The van der Waals surface area contributed by atoms with Crippen LogP contribution in [-0.4, -0.2) is 48.2 Å². The zero-order chi connectivity index (χ0) is 26.4. The van der Waals surface area contributed by atoms with Gasteiger partial charge in [-0.2, -0.15) is 5.10 Å². The molecular formula is C29H31F2N3O4. The van der Waals surface area contributed by atoms with Gasteiger partial charge in [-0.15, -0.1) is 0 Å². The highest BCUT2D eigenvalue weighted by Crippen LogP contribution is 2.48. The van der Waals surface area contributed by atoms with Gasteiger partial charge >= 0.3 is 5.97 Å². The van der Waals surface area contributed by atoms with Gasteiger partial charge < -0.3 is 18.8 Å². The van der Waals surface area contributed by atoms with E-state index in [2.05, 4.69) is 14.8 Å². The van der Waals surface area contributed by atoms with Gasteiger partial charge in [0, 0.05) is 47.4 Å². The van der Waals surface area contributed by atoms with Gasteiger partial charge in [0.15, 0.2) is 17.4 Å². The SMILES string of the molecule is COC(=O)C1CCC(c2c(C3CCOCC3)n(-c3ccc(F)c(OC)c3)c3cc4cn[nH]c4c(F)c23)CC1. The van der Waals surface area contributed by atoms with Gasteiger partial charge in [-0.05, 0) is 68.2 Å². The van der Waals surface area contributed by atoms with Crippen LogP contribution in [0.2, 0.25) is 0 Å². The van der Waals surface area contributed by atoms with Crippen LogP contribution in [0.1, 0.15) is 61.6 Å². The molecule has 7 nitrogen and oxygen atoms in total. The maximum atomic E-state index is 16.4. The van der Waals surface area contributed by atoms with E-state index in [1.165, 1.54) is 20.3 Å². The second kappa shape index (κ2) is 10.0. The zero-order valence-electron chi connectivity index (χ0n) is 21.6. The second-order valence-corrected chi connectivity index (χ2v) is 10.3. The molecule has 2 fully saturated rings. The molecule has 9 heteroatoms. The Bertz CT molecular complexity index is 1500. The van der Waals surface area contributed by atoms with E-state index < -0.39 is 5.82 Å². The molecule has 4 aromatic rings. The van der Waals surface area contributed by atoms with Gasteiger partial charge in [-0.3, -0.25) is 9.89 Å². The average Bonchev–Trinajstić information content (AvgIpc) is 3.57. The van der Waals surface area contributed by atoms with Gasteiger partial charge in [0.2, 0.25) is 0 Å². The van der Waals surface area contributed by atoms with Crippen molar-refractivity contribution in [1.82, 2.24) is 14.8 Å². The van der Waals surface area contributed by atoms with Crippen LogP contribution < -0.4 is 4.74 Å². The zero-order valence-corrected chi connectivity index (χ0v) is 21.6. The number of carbonyl (C=O) groups excluding carboxylic acids is 1. The molecule has 2 aromatic heterocycles. The van der Waals surface area contributed by atoms with Crippen molar-refractivity contribution in [2.75, 3.05) is 27.4 Å². The molecule has 0 amide bonds. The number of aromatic nitrogens is 3. The van der Waals surface area contributed by atoms with Crippen molar-refractivity contribution in [3.8, 4) is 11.4 Å². The smallest absolute Gasteiger partial charge is 0.308 e. The lowest BCUT2D eigenvalue weighted by atomic mass is 9.76. The fourth-order valence-corrected chi connectivity index (χ4v) is 6.49. The number of aromatic amines is 1. The summed E-state index contributed by atoms with van der Waals surface area (Å²) in [4.78, 5) is 12.2. The minimum absolute atomic E-state index is 0.0646. The molecule has 0 atom stereocenters. The summed E-state index contributed by atoms with van der Waals surface area (Å²) in [5.41, 5.74) is 3.82. The topological polar surface area (TPSA) is 78.4 Å². The first kappa shape index (κ1) is 24.9. The number of carbonyl (C=O) groups is 1. The predicted molar refractivity (Wildman–Crippen MR) is 139 cm³/mol. The molecule has 1 aliphatic carbocycles. The van der Waals surface area contributed by atoms with Crippen LogP contribution in [-0.2, 0) is 14.3 Å². The molecule has 0 bridgehead atoms. The first-order valence-corrected chi connectivity index (χ1v) is 13.2. The largest absolute Gasteiger partial charge is 0.494 e. The normalized spacial score (nSPS) is 20.7. The fraction of sp³-hybridized carbons (Fsp3) is 0.448. The van der Waals surface area contributed by atoms with Gasteiger partial charge in [0.05, 0.1) is 31.9 Å². The maximum Gasteiger partial charge on any atom is 0.308 e. The van der Waals surface area contributed by atoms with E-state index in [1.54, 1.807) is 18.3 Å². The van der Waals surface area contributed by atoms with Gasteiger partial charge in [0.1, 0.15) is 5.52 Å². The van der Waals surface area contributed by atoms with Gasteiger partial charge in [-0.25, -0.2) is 8.78 Å². The van der Waals surface area contributed by atoms with E-state index in [-0.39, 0.29) is 35.3 Å². The molecule has 0 radical (unpaired) electrons. The van der Waals surface area contributed by atoms with Crippen molar-refractivity contribution in [2.45, 2.75) is 50.4 Å². The molecule has 200 valence electrons. The lowest BCUT2D eigenvalue weighted by Gasteiger charge is -2.31. The highest BCUT2D eigenvalue weighted by Gasteiger charge is 2.36. The fourth-order valence-electron chi connectivity index (χ4n) is 6.49. The predicted octanol–water partition coefficient (Wildman–Crippen LogP) is 6.13. The molecule has 3 heterocycles. The summed E-state index contributed by atoms with van der Waals surface area (Å²) in [7, 11) is 2.86. The molecule has 1 saturated heterocycles. The summed E-state index contributed by atoms with van der Waals surface area (Å²) in [5, 5.41) is 8.15. The monoisotopic (exact) mass is 523 g/mol. The summed E-state index contributed by atoms with van der Waals surface area (Å²) >= 11 is 0. The summed E-state index contributed by atoms with van der Waals surface area (Å²) in [6, 6.07) is 6.74. The molecule has 1 saturated carbocycles. The van der Waals surface area contributed by atoms with Gasteiger partial charge in [0.25, 0.3) is 0 Å². The van der Waals surface area contributed by atoms with Crippen LogP contribution in [0.4, 0.5) is 8.78 Å². The third-order valence-corrected chi connectivity index (χ3v) is 8.35. The molecule has 2 aliphatic rings. The number of nitrogens with zero attached hydrogens (tertiary/aromatic N) is 2. The standard InChI is InChI=1S/C29H31F2N3O4/c1-36-23-14-20(7-8-21(23)30)34-22-13-19-15-32-33-27(19)26(31)25(22)24(28(34)17-9-11-38-12-10-17)16-3-5-18(6-4-16)29(35)37-2/h7-8,13-18H,3-6,9-12H2,1-2H3,(H,32,33). The number of methoxy groups -OCH3 is 2. The van der Waals surface area contributed by atoms with Crippen LogP contribution in [0.3, 0.4) is 0 Å². The Labute approximate surface area is 219 Å². The molecule has 38 heavy (non-hydrogen) atoms. The number of benzene rings is 2. The summed E-state index contributed by atoms with van der Waals surface area (Å²) in [6.45, 7) is 1.25. The molecule has 0 unspecified atom stereocenters. The highest BCUT2D eigenvalue weighted by molar-refractivity contribution is 6.00. The average molecular weight is 524 g/mol. The quantitative estimate of drug-likeness (QED) is 0.318. The van der Waals surface area contributed by atoms with E-state index >= 15 is 4.39 Å². The first-order chi connectivity index (χ1) is 18.5. The number of rotatable bonds is 5. The van der Waals surface area contributed by atoms with Crippen LogP contribution >= 0.6 is 0 Å². The Kier molecular flexibility index (Phi) is 6.55. The van der Waals surface area contributed by atoms with E-state index in [0.29, 0.717) is 48.0 Å². The second-order valence-electron chi connectivity index (χ2n) is 10.3. The lowest BCUT2D eigenvalue weighted by Crippen LogP contribution is -2.24. The Balaban J connectivity index is 1.63. The van der Waals surface area contributed by atoms with Crippen molar-refractivity contribution >= 4 is 27.8 Å². The van der Waals surface area contributed by atoms with Gasteiger partial charge in [-0.1, -0.05) is 0 Å². The number of hydrogen-bond donors (Lipinski definition) is 1. The van der Waals surface area contributed by atoms with Crippen molar-refractivity contribution in [3.63, 3.8) is 0 Å². The lowest BCUT2D eigenvalue weighted by molar-refractivity contribution is -0.146. The maximum absolute atomic E-state index is 16.4. The van der Waals surface area contributed by atoms with Crippen LogP contribution in [0, 0.1) is 17.6 Å². The third-order valence-electron chi connectivity index (χ3n) is 8.35. The number of ether oxygens (including phenoxy) is 3. The number of nitrogens with one attached hydrogen (secondary N) is 1. The molecule has 1 aliphatic heterocycles. The Hall–Kier alpha value is -3.46. The Morgan fingerprint density at radius 2 is 1.82 bits per heavy atom. The van der Waals surface area contributed by atoms with E-state index in [4.69, 9.17) is 14.2 Å². The van der Waals surface area contributed by atoms with Crippen molar-refractivity contribution < 1.29 is 27.8 Å².